The first-order chi connectivity index (χ1) is 7.94. The SMILES string of the molecule is CC(=O)N1CCN(CCCC(C)(C)C#N)CC1. The molecule has 0 aromatic heterocycles. The highest BCUT2D eigenvalue weighted by molar-refractivity contribution is 5.73. The molecule has 0 radical (unpaired) electrons. The topological polar surface area (TPSA) is 47.3 Å². The van der Waals surface area contributed by atoms with Gasteiger partial charge in [-0.3, -0.25) is 9.69 Å². The van der Waals surface area contributed by atoms with Crippen LogP contribution in [0.3, 0.4) is 0 Å². The lowest BCUT2D eigenvalue weighted by Crippen LogP contribution is -2.48. The highest BCUT2D eigenvalue weighted by Crippen LogP contribution is 2.20. The van der Waals surface area contributed by atoms with Crippen molar-refractivity contribution in [3.63, 3.8) is 0 Å². The molecule has 1 fully saturated rings. The summed E-state index contributed by atoms with van der Waals surface area (Å²) >= 11 is 0. The molecule has 1 rings (SSSR count). The summed E-state index contributed by atoms with van der Waals surface area (Å²) < 4.78 is 0. The molecule has 0 N–H and O–H groups in total. The Morgan fingerprint density at radius 2 is 1.88 bits per heavy atom. The number of hydrogen-bond donors (Lipinski definition) is 0. The van der Waals surface area contributed by atoms with Crippen LogP contribution in [-0.2, 0) is 4.79 Å². The van der Waals surface area contributed by atoms with Crippen LogP contribution in [0.2, 0.25) is 0 Å². The zero-order chi connectivity index (χ0) is 12.9. The van der Waals surface area contributed by atoms with E-state index in [0.717, 1.165) is 45.6 Å². The minimum Gasteiger partial charge on any atom is -0.340 e. The van der Waals surface area contributed by atoms with Gasteiger partial charge in [-0.2, -0.15) is 5.26 Å². The molecular formula is C13H23N3O. The molecule has 0 aromatic carbocycles. The van der Waals surface area contributed by atoms with Gasteiger partial charge in [0, 0.05) is 33.1 Å². The van der Waals surface area contributed by atoms with Crippen molar-refractivity contribution in [2.75, 3.05) is 32.7 Å². The zero-order valence-electron chi connectivity index (χ0n) is 11.2. The van der Waals surface area contributed by atoms with Gasteiger partial charge in [-0.25, -0.2) is 0 Å². The van der Waals surface area contributed by atoms with E-state index in [1.165, 1.54) is 0 Å². The number of piperazine rings is 1. The smallest absolute Gasteiger partial charge is 0.219 e. The van der Waals surface area contributed by atoms with E-state index in [1.807, 2.05) is 18.7 Å². The van der Waals surface area contributed by atoms with E-state index in [1.54, 1.807) is 6.92 Å². The van der Waals surface area contributed by atoms with Crippen molar-refractivity contribution >= 4 is 5.91 Å². The molecule has 0 spiro atoms. The lowest BCUT2D eigenvalue weighted by molar-refractivity contribution is -0.130. The first-order valence-corrected chi connectivity index (χ1v) is 6.34. The van der Waals surface area contributed by atoms with Gasteiger partial charge in [0.25, 0.3) is 0 Å². The quantitative estimate of drug-likeness (QED) is 0.744. The average molecular weight is 237 g/mol. The van der Waals surface area contributed by atoms with Crippen LogP contribution in [0.25, 0.3) is 0 Å². The number of carbonyl (C=O) groups excluding carboxylic acids is 1. The van der Waals surface area contributed by atoms with Crippen molar-refractivity contribution in [3.8, 4) is 6.07 Å². The summed E-state index contributed by atoms with van der Waals surface area (Å²) in [5.74, 6) is 0.176. The molecule has 1 heterocycles. The van der Waals surface area contributed by atoms with Crippen molar-refractivity contribution < 1.29 is 4.79 Å². The molecule has 0 saturated carbocycles. The van der Waals surface area contributed by atoms with E-state index in [0.29, 0.717) is 0 Å². The molecule has 0 bridgehead atoms. The van der Waals surface area contributed by atoms with Gasteiger partial charge >= 0.3 is 0 Å². The van der Waals surface area contributed by atoms with Gasteiger partial charge in [-0.05, 0) is 33.2 Å². The van der Waals surface area contributed by atoms with Gasteiger partial charge in [-0.1, -0.05) is 0 Å². The molecule has 0 aliphatic carbocycles. The van der Waals surface area contributed by atoms with Crippen LogP contribution in [0, 0.1) is 16.7 Å². The van der Waals surface area contributed by atoms with Crippen molar-refractivity contribution in [1.82, 2.24) is 9.80 Å². The Morgan fingerprint density at radius 3 is 2.35 bits per heavy atom. The maximum Gasteiger partial charge on any atom is 0.219 e. The van der Waals surface area contributed by atoms with Gasteiger partial charge in [0.2, 0.25) is 5.91 Å². The van der Waals surface area contributed by atoms with E-state index in [-0.39, 0.29) is 11.3 Å². The Balaban J connectivity index is 2.19. The number of amides is 1. The largest absolute Gasteiger partial charge is 0.340 e. The fourth-order valence-corrected chi connectivity index (χ4v) is 2.09. The fourth-order valence-electron chi connectivity index (χ4n) is 2.09. The summed E-state index contributed by atoms with van der Waals surface area (Å²) in [6, 6.07) is 2.33. The Hall–Kier alpha value is -1.08. The lowest BCUT2D eigenvalue weighted by atomic mass is 9.90. The Bertz CT molecular complexity index is 298. The number of carbonyl (C=O) groups is 1. The molecule has 17 heavy (non-hydrogen) atoms. The molecule has 96 valence electrons. The van der Waals surface area contributed by atoms with Crippen LogP contribution < -0.4 is 0 Å². The van der Waals surface area contributed by atoms with Crippen LogP contribution in [0.1, 0.15) is 33.6 Å². The average Bonchev–Trinajstić information content (AvgIpc) is 2.29. The number of hydrogen-bond acceptors (Lipinski definition) is 3. The van der Waals surface area contributed by atoms with E-state index in [2.05, 4.69) is 11.0 Å². The predicted octanol–water partition coefficient (Wildman–Crippen LogP) is 1.48. The van der Waals surface area contributed by atoms with Crippen LogP contribution >= 0.6 is 0 Å². The number of rotatable bonds is 4. The van der Waals surface area contributed by atoms with Crippen molar-refractivity contribution in [3.05, 3.63) is 0 Å². The van der Waals surface area contributed by atoms with Gasteiger partial charge in [0.1, 0.15) is 0 Å². The normalized spacial score (nSPS) is 17.9. The minimum absolute atomic E-state index is 0.176. The molecule has 4 nitrogen and oxygen atoms in total. The summed E-state index contributed by atoms with van der Waals surface area (Å²) in [4.78, 5) is 15.4. The first-order valence-electron chi connectivity index (χ1n) is 6.34. The Labute approximate surface area is 104 Å². The fraction of sp³-hybridized carbons (Fsp3) is 0.846. The van der Waals surface area contributed by atoms with Crippen molar-refractivity contribution in [2.45, 2.75) is 33.6 Å². The molecule has 4 heteroatoms. The van der Waals surface area contributed by atoms with E-state index < -0.39 is 0 Å². The molecule has 0 aromatic rings. The minimum atomic E-state index is -0.207. The second-order valence-electron chi connectivity index (χ2n) is 5.45. The maximum atomic E-state index is 11.2. The van der Waals surface area contributed by atoms with Crippen LogP contribution in [0.4, 0.5) is 0 Å². The van der Waals surface area contributed by atoms with Gasteiger partial charge in [0.15, 0.2) is 0 Å². The molecule has 0 unspecified atom stereocenters. The third-order valence-electron chi connectivity index (χ3n) is 3.40. The maximum absolute atomic E-state index is 11.2. The highest BCUT2D eigenvalue weighted by atomic mass is 16.2. The van der Waals surface area contributed by atoms with Crippen LogP contribution in [0.5, 0.6) is 0 Å². The monoisotopic (exact) mass is 237 g/mol. The molecule has 1 saturated heterocycles. The van der Waals surface area contributed by atoms with Gasteiger partial charge < -0.3 is 4.90 Å². The third kappa shape index (κ3) is 4.74. The highest BCUT2D eigenvalue weighted by Gasteiger charge is 2.20. The molecule has 1 aliphatic rings. The van der Waals surface area contributed by atoms with E-state index in [9.17, 15) is 4.79 Å². The van der Waals surface area contributed by atoms with Crippen molar-refractivity contribution in [1.29, 1.82) is 5.26 Å². The summed E-state index contributed by atoms with van der Waals surface area (Å²) in [7, 11) is 0. The Kier molecular flexibility index (Phi) is 4.95. The van der Waals surface area contributed by atoms with Gasteiger partial charge in [0.05, 0.1) is 11.5 Å². The van der Waals surface area contributed by atoms with E-state index in [4.69, 9.17) is 5.26 Å². The second-order valence-corrected chi connectivity index (χ2v) is 5.45. The van der Waals surface area contributed by atoms with Crippen molar-refractivity contribution in [2.24, 2.45) is 5.41 Å². The molecule has 0 atom stereocenters. The summed E-state index contributed by atoms with van der Waals surface area (Å²) in [6.45, 7) is 10.3. The van der Waals surface area contributed by atoms with Crippen LogP contribution in [-0.4, -0.2) is 48.4 Å². The molecule has 1 amide bonds. The summed E-state index contributed by atoms with van der Waals surface area (Å²) in [6.07, 6.45) is 2.00. The predicted molar refractivity (Wildman–Crippen MR) is 67.3 cm³/mol. The lowest BCUT2D eigenvalue weighted by Gasteiger charge is -2.34. The zero-order valence-corrected chi connectivity index (χ0v) is 11.2. The first kappa shape index (κ1) is 14.0. The van der Waals surface area contributed by atoms with E-state index >= 15 is 0 Å². The summed E-state index contributed by atoms with van der Waals surface area (Å²) in [5.41, 5.74) is -0.207. The third-order valence-corrected chi connectivity index (χ3v) is 3.40. The molecular weight excluding hydrogens is 214 g/mol. The van der Waals surface area contributed by atoms with Gasteiger partial charge in [-0.15, -0.1) is 0 Å². The molecule has 1 aliphatic heterocycles. The van der Waals surface area contributed by atoms with Crippen LogP contribution in [0.15, 0.2) is 0 Å². The summed E-state index contributed by atoms with van der Waals surface area (Å²) in [5, 5.41) is 8.92. The Morgan fingerprint density at radius 1 is 1.29 bits per heavy atom. The standard InChI is InChI=1S/C13H23N3O/c1-12(17)16-9-7-15(8-10-16)6-4-5-13(2,3)11-14/h4-10H2,1-3H3. The number of nitrogens with zero attached hydrogens (tertiary/aromatic N) is 3. The number of nitriles is 1. The second kappa shape index (κ2) is 6.02.